The Morgan fingerprint density at radius 1 is 1.33 bits per heavy atom. The molecule has 1 aliphatic rings. The monoisotopic (exact) mass is 166 g/mol. The van der Waals surface area contributed by atoms with E-state index in [2.05, 4.69) is 19.1 Å². The Hall–Kier alpha value is -0.590. The predicted molar refractivity (Wildman–Crippen MR) is 50.9 cm³/mol. The Labute approximate surface area is 74.9 Å². The van der Waals surface area contributed by atoms with Crippen LogP contribution in [0.3, 0.4) is 0 Å². The Morgan fingerprint density at radius 2 is 2.17 bits per heavy atom. The third kappa shape index (κ3) is 3.21. The lowest BCUT2D eigenvalue weighted by Gasteiger charge is -1.90. The molecule has 0 aromatic rings. The first-order chi connectivity index (χ1) is 5.88. The van der Waals surface area contributed by atoms with E-state index < -0.39 is 0 Å². The summed E-state index contributed by atoms with van der Waals surface area (Å²) in [5.74, 6) is 0.941. The van der Waals surface area contributed by atoms with E-state index in [4.69, 9.17) is 0 Å². The van der Waals surface area contributed by atoms with Crippen LogP contribution in [0.5, 0.6) is 0 Å². The molecule has 0 radical (unpaired) electrons. The molecule has 1 rings (SSSR count). The highest BCUT2D eigenvalue weighted by atomic mass is 16.1. The minimum absolute atomic E-state index is 0.354. The van der Waals surface area contributed by atoms with Gasteiger partial charge in [-0.2, -0.15) is 0 Å². The van der Waals surface area contributed by atoms with Crippen molar-refractivity contribution in [2.24, 2.45) is 11.8 Å². The molecule has 1 aliphatic carbocycles. The van der Waals surface area contributed by atoms with Crippen molar-refractivity contribution < 1.29 is 4.79 Å². The fraction of sp³-hybridized carbons (Fsp3) is 0.727. The summed E-state index contributed by atoms with van der Waals surface area (Å²) in [6.45, 7) is 2.22. The topological polar surface area (TPSA) is 17.1 Å². The first-order valence-electron chi connectivity index (χ1n) is 5.00. The number of aldehydes is 1. The van der Waals surface area contributed by atoms with Crippen molar-refractivity contribution in [1.29, 1.82) is 0 Å². The van der Waals surface area contributed by atoms with Crippen LogP contribution in [0.25, 0.3) is 0 Å². The van der Waals surface area contributed by atoms with Gasteiger partial charge in [0.1, 0.15) is 6.29 Å². The van der Waals surface area contributed by atoms with Gasteiger partial charge in [-0.3, -0.25) is 0 Å². The molecular weight excluding hydrogens is 148 g/mol. The second-order valence-corrected chi connectivity index (χ2v) is 3.62. The van der Waals surface area contributed by atoms with Crippen LogP contribution < -0.4 is 0 Å². The third-order valence-corrected chi connectivity index (χ3v) is 2.42. The molecule has 2 atom stereocenters. The lowest BCUT2D eigenvalue weighted by molar-refractivity contribution is -0.109. The van der Waals surface area contributed by atoms with E-state index in [0.29, 0.717) is 11.8 Å². The van der Waals surface area contributed by atoms with Gasteiger partial charge in [-0.1, -0.05) is 31.9 Å². The van der Waals surface area contributed by atoms with Crippen LogP contribution in [0.1, 0.15) is 39.0 Å². The number of hydrogen-bond donors (Lipinski definition) is 0. The van der Waals surface area contributed by atoms with Crippen molar-refractivity contribution in [2.75, 3.05) is 0 Å². The lowest BCUT2D eigenvalue weighted by atomic mass is 10.2. The largest absolute Gasteiger partial charge is 0.303 e. The maximum absolute atomic E-state index is 10.3. The fourth-order valence-electron chi connectivity index (χ4n) is 1.40. The minimum atomic E-state index is 0.354. The van der Waals surface area contributed by atoms with Crippen LogP contribution in [-0.4, -0.2) is 6.29 Å². The summed E-state index contributed by atoms with van der Waals surface area (Å²) in [6.07, 6.45) is 11.7. The number of allylic oxidation sites excluding steroid dienone is 2. The molecule has 0 amide bonds. The number of unbranched alkanes of at least 4 members (excludes halogenated alkanes) is 3. The molecule has 1 nitrogen and oxygen atoms in total. The molecular formula is C11H18O. The standard InChI is InChI=1S/C11H18O/c1-2-3-4-5-6-7-10-8-11(10)9-12/h6-7,9-11H,2-5,8H2,1H3/b7-6-/t10?,11-/m1/s1. The third-order valence-electron chi connectivity index (χ3n) is 2.42. The van der Waals surface area contributed by atoms with E-state index >= 15 is 0 Å². The Bertz CT molecular complexity index is 160. The van der Waals surface area contributed by atoms with Gasteiger partial charge < -0.3 is 4.79 Å². The summed E-state index contributed by atoms with van der Waals surface area (Å²) in [5.41, 5.74) is 0. The van der Waals surface area contributed by atoms with Crippen molar-refractivity contribution in [1.82, 2.24) is 0 Å². The number of hydrogen-bond acceptors (Lipinski definition) is 1. The summed E-state index contributed by atoms with van der Waals surface area (Å²) in [5, 5.41) is 0. The summed E-state index contributed by atoms with van der Waals surface area (Å²) < 4.78 is 0. The fourth-order valence-corrected chi connectivity index (χ4v) is 1.40. The Kier molecular flexibility index (Phi) is 4.06. The van der Waals surface area contributed by atoms with Gasteiger partial charge in [-0.25, -0.2) is 0 Å². The summed E-state index contributed by atoms with van der Waals surface area (Å²) in [7, 11) is 0. The van der Waals surface area contributed by atoms with E-state index in [1.807, 2.05) is 0 Å². The molecule has 0 aromatic heterocycles. The van der Waals surface area contributed by atoms with Crippen LogP contribution in [0.4, 0.5) is 0 Å². The average Bonchev–Trinajstić information content (AvgIpc) is 2.83. The van der Waals surface area contributed by atoms with Crippen LogP contribution in [0, 0.1) is 11.8 Å². The normalized spacial score (nSPS) is 27.8. The molecule has 1 fully saturated rings. The van der Waals surface area contributed by atoms with E-state index in [0.717, 1.165) is 12.7 Å². The Balaban J connectivity index is 1.96. The van der Waals surface area contributed by atoms with Gasteiger partial charge in [-0.05, 0) is 25.2 Å². The maximum Gasteiger partial charge on any atom is 0.123 e. The van der Waals surface area contributed by atoms with E-state index in [9.17, 15) is 4.79 Å². The van der Waals surface area contributed by atoms with Crippen molar-refractivity contribution in [2.45, 2.75) is 39.0 Å². The van der Waals surface area contributed by atoms with Gasteiger partial charge >= 0.3 is 0 Å². The zero-order chi connectivity index (χ0) is 8.81. The van der Waals surface area contributed by atoms with Crippen molar-refractivity contribution in [3.63, 3.8) is 0 Å². The molecule has 1 heteroatoms. The van der Waals surface area contributed by atoms with Crippen molar-refractivity contribution in [3.8, 4) is 0 Å². The first kappa shape index (κ1) is 9.50. The zero-order valence-corrected chi connectivity index (χ0v) is 7.83. The molecule has 68 valence electrons. The number of carbonyl (C=O) groups excluding carboxylic acids is 1. The van der Waals surface area contributed by atoms with Gasteiger partial charge in [0.05, 0.1) is 0 Å². The summed E-state index contributed by atoms with van der Waals surface area (Å²) in [4.78, 5) is 10.3. The second kappa shape index (κ2) is 5.13. The molecule has 0 aliphatic heterocycles. The minimum Gasteiger partial charge on any atom is -0.303 e. The van der Waals surface area contributed by atoms with Crippen molar-refractivity contribution in [3.05, 3.63) is 12.2 Å². The molecule has 0 aromatic carbocycles. The molecule has 0 spiro atoms. The molecule has 0 N–H and O–H groups in total. The second-order valence-electron chi connectivity index (χ2n) is 3.62. The van der Waals surface area contributed by atoms with Crippen LogP contribution >= 0.6 is 0 Å². The first-order valence-corrected chi connectivity index (χ1v) is 5.00. The van der Waals surface area contributed by atoms with Gasteiger partial charge in [0.15, 0.2) is 0 Å². The van der Waals surface area contributed by atoms with E-state index in [-0.39, 0.29) is 0 Å². The van der Waals surface area contributed by atoms with Gasteiger partial charge in [-0.15, -0.1) is 0 Å². The van der Waals surface area contributed by atoms with E-state index in [1.165, 1.54) is 25.7 Å². The van der Waals surface area contributed by atoms with Gasteiger partial charge in [0.2, 0.25) is 0 Å². The predicted octanol–water partition coefficient (Wildman–Crippen LogP) is 2.96. The van der Waals surface area contributed by atoms with Crippen molar-refractivity contribution >= 4 is 6.29 Å². The molecule has 12 heavy (non-hydrogen) atoms. The highest BCUT2D eigenvalue weighted by Gasteiger charge is 2.33. The summed E-state index contributed by atoms with van der Waals surface area (Å²) in [6, 6.07) is 0. The number of carbonyl (C=O) groups is 1. The highest BCUT2D eigenvalue weighted by molar-refractivity contribution is 5.59. The molecule has 0 heterocycles. The SMILES string of the molecule is CCCCC/C=C\C1C[C@@H]1C=O. The number of rotatable bonds is 6. The molecule has 0 saturated heterocycles. The molecule has 1 unspecified atom stereocenters. The van der Waals surface area contributed by atoms with Crippen LogP contribution in [0.2, 0.25) is 0 Å². The average molecular weight is 166 g/mol. The molecule has 1 saturated carbocycles. The maximum atomic E-state index is 10.3. The van der Waals surface area contributed by atoms with Gasteiger partial charge in [0, 0.05) is 5.92 Å². The molecule has 0 bridgehead atoms. The smallest absolute Gasteiger partial charge is 0.123 e. The van der Waals surface area contributed by atoms with Gasteiger partial charge in [0.25, 0.3) is 0 Å². The quantitative estimate of drug-likeness (QED) is 0.337. The summed E-state index contributed by atoms with van der Waals surface area (Å²) >= 11 is 0. The highest BCUT2D eigenvalue weighted by Crippen LogP contribution is 2.37. The zero-order valence-electron chi connectivity index (χ0n) is 7.83. The lowest BCUT2D eigenvalue weighted by Crippen LogP contribution is -1.78. The Morgan fingerprint density at radius 3 is 2.75 bits per heavy atom. The van der Waals surface area contributed by atoms with Crippen LogP contribution in [-0.2, 0) is 4.79 Å². The van der Waals surface area contributed by atoms with Crippen LogP contribution in [0.15, 0.2) is 12.2 Å². The van der Waals surface area contributed by atoms with E-state index in [1.54, 1.807) is 0 Å².